The van der Waals surface area contributed by atoms with Crippen LogP contribution in [0.25, 0.3) is 5.82 Å². The van der Waals surface area contributed by atoms with Crippen molar-refractivity contribution >= 4 is 17.5 Å². The van der Waals surface area contributed by atoms with Gasteiger partial charge in [-0.05, 0) is 17.7 Å². The maximum atomic E-state index is 12.8. The lowest BCUT2D eigenvalue weighted by molar-refractivity contribution is -0.114. The number of imidazole rings is 1. The topological polar surface area (TPSA) is 83.4 Å². The summed E-state index contributed by atoms with van der Waals surface area (Å²) >= 11 is 0. The van der Waals surface area contributed by atoms with Crippen LogP contribution in [0.1, 0.15) is 23.0 Å². The van der Waals surface area contributed by atoms with Crippen molar-refractivity contribution in [3.05, 3.63) is 72.4 Å². The van der Waals surface area contributed by atoms with E-state index >= 15 is 0 Å². The number of nitrogens with zero attached hydrogens (tertiary/aromatic N) is 5. The van der Waals surface area contributed by atoms with E-state index in [-0.39, 0.29) is 11.8 Å². The van der Waals surface area contributed by atoms with Gasteiger partial charge in [-0.3, -0.25) is 19.1 Å². The lowest BCUT2D eigenvalue weighted by atomic mass is 10.2. The Morgan fingerprint density at radius 3 is 2.43 bits per heavy atom. The quantitative estimate of drug-likeness (QED) is 0.705. The fraction of sp³-hybridized carbons (Fsp3) is 0.273. The van der Waals surface area contributed by atoms with Crippen LogP contribution in [0.5, 0.6) is 0 Å². The Kier molecular flexibility index (Phi) is 5.85. The number of piperazine rings is 1. The van der Waals surface area contributed by atoms with Crippen LogP contribution in [-0.4, -0.2) is 62.3 Å². The molecule has 0 bridgehead atoms. The van der Waals surface area contributed by atoms with Crippen molar-refractivity contribution in [2.24, 2.45) is 0 Å². The summed E-state index contributed by atoms with van der Waals surface area (Å²) in [7, 11) is 0. The predicted molar refractivity (Wildman–Crippen MR) is 113 cm³/mol. The van der Waals surface area contributed by atoms with Crippen LogP contribution in [0.2, 0.25) is 0 Å². The Morgan fingerprint density at radius 1 is 1.00 bits per heavy atom. The molecule has 3 aromatic rings. The normalized spacial score (nSPS) is 14.5. The summed E-state index contributed by atoms with van der Waals surface area (Å²) < 4.78 is 1.70. The van der Waals surface area contributed by atoms with Gasteiger partial charge in [0.25, 0.3) is 5.91 Å². The highest BCUT2D eigenvalue weighted by atomic mass is 16.2. The maximum Gasteiger partial charge on any atom is 0.274 e. The van der Waals surface area contributed by atoms with Crippen LogP contribution in [-0.2, 0) is 11.3 Å². The van der Waals surface area contributed by atoms with Crippen LogP contribution in [0.15, 0.2) is 61.2 Å². The second kappa shape index (κ2) is 8.87. The molecule has 1 saturated heterocycles. The standard InChI is InChI=1S/C22H24N6O2/c1-17(29)25-19-7-8-21(23-13-19)28-15-20(24-16-28)22(30)27-11-9-26(10-12-27)14-18-5-3-2-4-6-18/h2-8,13,15-16H,9-12,14H2,1H3,(H,25,29). The average Bonchev–Trinajstić information content (AvgIpc) is 3.25. The second-order valence-corrected chi connectivity index (χ2v) is 7.31. The molecule has 8 heteroatoms. The number of benzene rings is 1. The summed E-state index contributed by atoms with van der Waals surface area (Å²) in [4.78, 5) is 36.8. The minimum Gasteiger partial charge on any atom is -0.335 e. The minimum absolute atomic E-state index is 0.0667. The first kappa shape index (κ1) is 19.8. The van der Waals surface area contributed by atoms with Crippen molar-refractivity contribution in [1.29, 1.82) is 0 Å². The summed E-state index contributed by atoms with van der Waals surface area (Å²) in [6.07, 6.45) is 4.85. The summed E-state index contributed by atoms with van der Waals surface area (Å²) in [5, 5.41) is 2.68. The van der Waals surface area contributed by atoms with Gasteiger partial charge < -0.3 is 10.2 Å². The fourth-order valence-corrected chi connectivity index (χ4v) is 3.49. The molecule has 8 nitrogen and oxygen atoms in total. The Morgan fingerprint density at radius 2 is 1.77 bits per heavy atom. The molecule has 1 aliphatic heterocycles. The molecule has 2 amide bonds. The number of aromatic nitrogens is 3. The van der Waals surface area contributed by atoms with Crippen molar-refractivity contribution in [2.45, 2.75) is 13.5 Å². The second-order valence-electron chi connectivity index (χ2n) is 7.31. The van der Waals surface area contributed by atoms with Gasteiger partial charge in [-0.2, -0.15) is 0 Å². The Hall–Kier alpha value is -3.52. The largest absolute Gasteiger partial charge is 0.335 e. The van der Waals surface area contributed by atoms with Gasteiger partial charge in [-0.25, -0.2) is 9.97 Å². The molecule has 4 rings (SSSR count). The minimum atomic E-state index is -0.149. The molecular formula is C22H24N6O2. The molecule has 1 N–H and O–H groups in total. The Balaban J connectivity index is 1.35. The molecule has 0 radical (unpaired) electrons. The van der Waals surface area contributed by atoms with E-state index in [1.807, 2.05) is 23.1 Å². The van der Waals surface area contributed by atoms with Gasteiger partial charge in [0.1, 0.15) is 17.8 Å². The zero-order valence-corrected chi connectivity index (χ0v) is 16.9. The van der Waals surface area contributed by atoms with Crippen molar-refractivity contribution in [2.75, 3.05) is 31.5 Å². The molecule has 1 aromatic carbocycles. The number of carbonyl (C=O) groups excluding carboxylic acids is 2. The van der Waals surface area contributed by atoms with E-state index in [9.17, 15) is 9.59 Å². The van der Waals surface area contributed by atoms with E-state index in [0.29, 0.717) is 30.3 Å². The van der Waals surface area contributed by atoms with Crippen LogP contribution in [0, 0.1) is 0 Å². The SMILES string of the molecule is CC(=O)Nc1ccc(-n2cnc(C(=O)N3CCN(Cc4ccccc4)CC3)c2)nc1. The smallest absolute Gasteiger partial charge is 0.274 e. The molecule has 154 valence electrons. The molecule has 2 aromatic heterocycles. The van der Waals surface area contributed by atoms with Crippen LogP contribution >= 0.6 is 0 Å². The molecule has 0 aliphatic carbocycles. The van der Waals surface area contributed by atoms with Gasteiger partial charge in [0.15, 0.2) is 0 Å². The highest BCUT2D eigenvalue weighted by molar-refractivity contribution is 5.92. The van der Waals surface area contributed by atoms with Gasteiger partial charge in [-0.1, -0.05) is 30.3 Å². The summed E-state index contributed by atoms with van der Waals surface area (Å²) in [6, 6.07) is 13.9. The van der Waals surface area contributed by atoms with Crippen molar-refractivity contribution < 1.29 is 9.59 Å². The summed E-state index contributed by atoms with van der Waals surface area (Å²) in [5.41, 5.74) is 2.31. The average molecular weight is 404 g/mol. The van der Waals surface area contributed by atoms with Crippen LogP contribution in [0.4, 0.5) is 5.69 Å². The van der Waals surface area contributed by atoms with Gasteiger partial charge >= 0.3 is 0 Å². The number of hydrogen-bond acceptors (Lipinski definition) is 5. The third kappa shape index (κ3) is 4.72. The number of anilines is 1. The van der Waals surface area contributed by atoms with E-state index in [0.717, 1.165) is 19.6 Å². The lowest BCUT2D eigenvalue weighted by Gasteiger charge is -2.34. The predicted octanol–water partition coefficient (Wildman–Crippen LogP) is 2.18. The van der Waals surface area contributed by atoms with Gasteiger partial charge in [0.2, 0.25) is 5.91 Å². The highest BCUT2D eigenvalue weighted by Crippen LogP contribution is 2.14. The third-order valence-corrected chi connectivity index (χ3v) is 5.04. The molecule has 0 unspecified atom stereocenters. The van der Waals surface area contributed by atoms with Gasteiger partial charge in [0.05, 0.1) is 11.9 Å². The Bertz CT molecular complexity index is 1010. The van der Waals surface area contributed by atoms with Gasteiger partial charge in [0, 0.05) is 45.8 Å². The monoisotopic (exact) mass is 404 g/mol. The molecule has 1 aliphatic rings. The van der Waals surface area contributed by atoms with Crippen molar-refractivity contribution in [1.82, 2.24) is 24.3 Å². The zero-order valence-electron chi connectivity index (χ0n) is 16.9. The van der Waals surface area contributed by atoms with E-state index in [1.165, 1.54) is 12.5 Å². The molecule has 0 spiro atoms. The number of nitrogens with one attached hydrogen (secondary N) is 1. The lowest BCUT2D eigenvalue weighted by Crippen LogP contribution is -2.48. The number of amides is 2. The van der Waals surface area contributed by atoms with E-state index < -0.39 is 0 Å². The first-order valence-corrected chi connectivity index (χ1v) is 9.92. The fourth-order valence-electron chi connectivity index (χ4n) is 3.49. The molecule has 0 saturated carbocycles. The van der Waals surface area contributed by atoms with E-state index in [2.05, 4.69) is 32.3 Å². The van der Waals surface area contributed by atoms with Crippen LogP contribution < -0.4 is 5.32 Å². The number of pyridine rings is 1. The third-order valence-electron chi connectivity index (χ3n) is 5.04. The molecular weight excluding hydrogens is 380 g/mol. The zero-order chi connectivity index (χ0) is 20.9. The highest BCUT2D eigenvalue weighted by Gasteiger charge is 2.23. The molecule has 1 fully saturated rings. The number of rotatable bonds is 5. The van der Waals surface area contributed by atoms with Crippen LogP contribution in [0.3, 0.4) is 0 Å². The van der Waals surface area contributed by atoms with E-state index in [1.54, 1.807) is 35.4 Å². The number of hydrogen-bond donors (Lipinski definition) is 1. The Labute approximate surface area is 175 Å². The first-order chi connectivity index (χ1) is 14.6. The first-order valence-electron chi connectivity index (χ1n) is 9.92. The maximum absolute atomic E-state index is 12.8. The molecule has 0 atom stereocenters. The summed E-state index contributed by atoms with van der Waals surface area (Å²) in [6.45, 7) is 5.40. The number of carbonyl (C=O) groups is 2. The van der Waals surface area contributed by atoms with Crippen molar-refractivity contribution in [3.63, 3.8) is 0 Å². The van der Waals surface area contributed by atoms with E-state index in [4.69, 9.17) is 0 Å². The van der Waals surface area contributed by atoms with Gasteiger partial charge in [-0.15, -0.1) is 0 Å². The van der Waals surface area contributed by atoms with Crippen molar-refractivity contribution in [3.8, 4) is 5.82 Å². The summed E-state index contributed by atoms with van der Waals surface area (Å²) in [5.74, 6) is 0.412. The molecule has 3 heterocycles. The molecule has 30 heavy (non-hydrogen) atoms.